The smallest absolute Gasteiger partial charge is 0.104 e. The Morgan fingerprint density at radius 1 is 1.24 bits per heavy atom. The molecule has 0 unspecified atom stereocenters. The monoisotopic (exact) mass is 229 g/mol. The predicted molar refractivity (Wildman–Crippen MR) is 69.2 cm³/mol. The number of rotatable bonds is 2. The van der Waals surface area contributed by atoms with Crippen LogP contribution in [0.15, 0.2) is 24.3 Å². The molecule has 1 aromatic rings. The quantitative estimate of drug-likeness (QED) is 0.715. The van der Waals surface area contributed by atoms with Crippen molar-refractivity contribution in [1.82, 2.24) is 0 Å². The van der Waals surface area contributed by atoms with Gasteiger partial charge in [-0.05, 0) is 30.9 Å². The summed E-state index contributed by atoms with van der Waals surface area (Å²) >= 11 is 0. The van der Waals surface area contributed by atoms with E-state index in [1.165, 1.54) is 31.5 Å². The van der Waals surface area contributed by atoms with Gasteiger partial charge in [0, 0.05) is 5.56 Å². The summed E-state index contributed by atoms with van der Waals surface area (Å²) in [6.45, 7) is 6.01. The average Bonchev–Trinajstić information content (AvgIpc) is 2.34. The standard InChI is InChI=1S/C15H21N2/c1-13-7-9-17(2,10-8-13)12-15-5-3-14(11-16)4-6-15/h3-6,13H,7-10,12H2,1-2H3/q+1. The molecule has 1 fully saturated rings. The first-order valence-corrected chi connectivity index (χ1v) is 6.44. The maximum atomic E-state index is 8.78. The Morgan fingerprint density at radius 3 is 2.35 bits per heavy atom. The zero-order valence-corrected chi connectivity index (χ0v) is 10.8. The van der Waals surface area contributed by atoms with Gasteiger partial charge in [-0.15, -0.1) is 0 Å². The molecule has 0 amide bonds. The third-order valence-corrected chi connectivity index (χ3v) is 3.97. The van der Waals surface area contributed by atoms with Crippen molar-refractivity contribution < 1.29 is 4.48 Å². The van der Waals surface area contributed by atoms with E-state index in [-0.39, 0.29) is 0 Å². The van der Waals surface area contributed by atoms with E-state index < -0.39 is 0 Å². The van der Waals surface area contributed by atoms with Crippen LogP contribution in [-0.4, -0.2) is 24.6 Å². The largest absolute Gasteiger partial charge is 0.322 e. The molecule has 0 N–H and O–H groups in total. The molecule has 0 saturated carbocycles. The lowest BCUT2D eigenvalue weighted by molar-refractivity contribution is -0.928. The first-order chi connectivity index (χ1) is 8.11. The van der Waals surface area contributed by atoms with E-state index >= 15 is 0 Å². The second-order valence-corrected chi connectivity index (χ2v) is 5.72. The second-order valence-electron chi connectivity index (χ2n) is 5.72. The summed E-state index contributed by atoms with van der Waals surface area (Å²) in [6, 6.07) is 10.2. The van der Waals surface area contributed by atoms with Gasteiger partial charge < -0.3 is 4.48 Å². The van der Waals surface area contributed by atoms with Crippen molar-refractivity contribution in [1.29, 1.82) is 5.26 Å². The van der Waals surface area contributed by atoms with Crippen LogP contribution >= 0.6 is 0 Å². The molecular formula is C15H21N2+. The van der Waals surface area contributed by atoms with Gasteiger partial charge in [-0.25, -0.2) is 0 Å². The van der Waals surface area contributed by atoms with Crippen LogP contribution in [0.2, 0.25) is 0 Å². The van der Waals surface area contributed by atoms with Crippen molar-refractivity contribution in [3.63, 3.8) is 0 Å². The lowest BCUT2D eigenvalue weighted by Gasteiger charge is -2.40. The van der Waals surface area contributed by atoms with E-state index in [0.29, 0.717) is 0 Å². The zero-order valence-electron chi connectivity index (χ0n) is 10.8. The van der Waals surface area contributed by atoms with Crippen LogP contribution in [0.1, 0.15) is 30.9 Å². The molecule has 90 valence electrons. The lowest BCUT2D eigenvalue weighted by atomic mass is 9.96. The highest BCUT2D eigenvalue weighted by atomic mass is 15.3. The molecule has 2 heteroatoms. The topological polar surface area (TPSA) is 23.8 Å². The number of hydrogen-bond donors (Lipinski definition) is 0. The number of likely N-dealkylation sites (tertiary alicyclic amines) is 1. The highest BCUT2D eigenvalue weighted by Crippen LogP contribution is 2.24. The molecule has 0 atom stereocenters. The first kappa shape index (κ1) is 12.1. The normalized spacial score (nSPS) is 28.6. The number of nitrogens with zero attached hydrogens (tertiary/aromatic N) is 2. The first-order valence-electron chi connectivity index (χ1n) is 6.44. The van der Waals surface area contributed by atoms with Crippen LogP contribution in [0.25, 0.3) is 0 Å². The summed E-state index contributed by atoms with van der Waals surface area (Å²) in [4.78, 5) is 0. The molecule has 1 saturated heterocycles. The molecule has 1 heterocycles. The number of hydrogen-bond acceptors (Lipinski definition) is 1. The third-order valence-electron chi connectivity index (χ3n) is 3.97. The lowest BCUT2D eigenvalue weighted by Crippen LogP contribution is -2.48. The van der Waals surface area contributed by atoms with E-state index in [1.807, 2.05) is 12.1 Å². The molecule has 0 spiro atoms. The van der Waals surface area contributed by atoms with Crippen molar-refractivity contribution in [2.24, 2.45) is 5.92 Å². The summed E-state index contributed by atoms with van der Waals surface area (Å²) in [6.07, 6.45) is 2.68. The van der Waals surface area contributed by atoms with Crippen molar-refractivity contribution in [3.8, 4) is 6.07 Å². The van der Waals surface area contributed by atoms with Gasteiger partial charge in [0.15, 0.2) is 0 Å². The minimum Gasteiger partial charge on any atom is -0.322 e. The van der Waals surface area contributed by atoms with E-state index in [1.54, 1.807) is 0 Å². The molecule has 0 aromatic heterocycles. The van der Waals surface area contributed by atoms with E-state index in [9.17, 15) is 0 Å². The van der Waals surface area contributed by atoms with Crippen molar-refractivity contribution >= 4 is 0 Å². The van der Waals surface area contributed by atoms with Crippen LogP contribution in [0.3, 0.4) is 0 Å². The summed E-state index contributed by atoms with van der Waals surface area (Å²) in [5.41, 5.74) is 2.10. The molecule has 1 aromatic carbocycles. The Labute approximate surface area is 104 Å². The van der Waals surface area contributed by atoms with Gasteiger partial charge in [-0.1, -0.05) is 19.1 Å². The molecule has 2 nitrogen and oxygen atoms in total. The summed E-state index contributed by atoms with van der Waals surface area (Å²) in [5, 5.41) is 8.78. The van der Waals surface area contributed by atoms with Gasteiger partial charge in [0.05, 0.1) is 31.8 Å². The predicted octanol–water partition coefficient (Wildman–Crippen LogP) is 2.93. The van der Waals surface area contributed by atoms with Crippen molar-refractivity contribution in [3.05, 3.63) is 35.4 Å². The van der Waals surface area contributed by atoms with Crippen molar-refractivity contribution in [2.75, 3.05) is 20.1 Å². The molecule has 17 heavy (non-hydrogen) atoms. The minimum absolute atomic E-state index is 0.753. The van der Waals surface area contributed by atoms with Crippen LogP contribution < -0.4 is 0 Å². The number of benzene rings is 1. The fourth-order valence-electron chi connectivity index (χ4n) is 2.60. The van der Waals surface area contributed by atoms with Gasteiger partial charge in [0.2, 0.25) is 0 Å². The van der Waals surface area contributed by atoms with E-state index in [2.05, 4.69) is 32.2 Å². The van der Waals surface area contributed by atoms with Crippen LogP contribution in [-0.2, 0) is 6.54 Å². The SMILES string of the molecule is CC1CC[N+](C)(Cc2ccc(C#N)cc2)CC1. The fourth-order valence-corrected chi connectivity index (χ4v) is 2.60. The maximum Gasteiger partial charge on any atom is 0.104 e. The summed E-state index contributed by atoms with van der Waals surface area (Å²) in [7, 11) is 2.35. The second kappa shape index (κ2) is 4.89. The number of piperidine rings is 1. The molecule has 1 aliphatic rings. The summed E-state index contributed by atoms with van der Waals surface area (Å²) < 4.78 is 1.15. The van der Waals surface area contributed by atoms with Crippen molar-refractivity contribution in [2.45, 2.75) is 26.3 Å². The Hall–Kier alpha value is -1.33. The highest BCUT2D eigenvalue weighted by molar-refractivity contribution is 5.31. The van der Waals surface area contributed by atoms with Gasteiger partial charge in [-0.3, -0.25) is 0 Å². The number of nitriles is 1. The average molecular weight is 229 g/mol. The summed E-state index contributed by atoms with van der Waals surface area (Å²) in [5.74, 6) is 0.891. The van der Waals surface area contributed by atoms with Crippen LogP contribution in [0.5, 0.6) is 0 Å². The zero-order chi connectivity index (χ0) is 12.3. The molecule has 0 bridgehead atoms. The van der Waals surface area contributed by atoms with E-state index in [0.717, 1.165) is 22.5 Å². The van der Waals surface area contributed by atoms with Gasteiger partial charge in [-0.2, -0.15) is 5.26 Å². The van der Waals surface area contributed by atoms with E-state index in [4.69, 9.17) is 5.26 Å². The van der Waals surface area contributed by atoms with Crippen LogP contribution in [0.4, 0.5) is 0 Å². The Kier molecular flexibility index (Phi) is 3.49. The molecule has 2 rings (SSSR count). The van der Waals surface area contributed by atoms with Gasteiger partial charge >= 0.3 is 0 Å². The minimum atomic E-state index is 0.753. The third kappa shape index (κ3) is 3.08. The Bertz CT molecular complexity index is 406. The Balaban J connectivity index is 2.02. The number of quaternary nitrogens is 1. The van der Waals surface area contributed by atoms with Crippen LogP contribution in [0, 0.1) is 17.2 Å². The molecule has 0 radical (unpaired) electrons. The molecule has 0 aliphatic carbocycles. The van der Waals surface area contributed by atoms with Gasteiger partial charge in [0.1, 0.15) is 6.54 Å². The molecule has 1 aliphatic heterocycles. The molecular weight excluding hydrogens is 208 g/mol. The van der Waals surface area contributed by atoms with Gasteiger partial charge in [0.25, 0.3) is 0 Å². The fraction of sp³-hybridized carbons (Fsp3) is 0.533. The highest BCUT2D eigenvalue weighted by Gasteiger charge is 2.28. The Morgan fingerprint density at radius 2 is 1.82 bits per heavy atom. The maximum absolute atomic E-state index is 8.78.